The van der Waals surface area contributed by atoms with Crippen molar-refractivity contribution in [2.75, 3.05) is 6.54 Å². The summed E-state index contributed by atoms with van der Waals surface area (Å²) in [6.07, 6.45) is 7.59. The Kier molecular flexibility index (Phi) is 12.2. The minimum absolute atomic E-state index is 0.0110. The number of carbonyl (C=O) groups excluding carboxylic acids is 4. The summed E-state index contributed by atoms with van der Waals surface area (Å²) in [7, 11) is 0. The molecule has 3 heterocycles. The number of rotatable bonds is 16. The first-order valence-corrected chi connectivity index (χ1v) is 15.7. The molecule has 1 aliphatic rings. The van der Waals surface area contributed by atoms with Gasteiger partial charge in [0.25, 0.3) is 0 Å². The van der Waals surface area contributed by atoms with E-state index >= 15 is 0 Å². The number of H-pyrrole nitrogens is 2. The maximum Gasteiger partial charge on any atom is 0.326 e. The Hall–Kier alpha value is -5.05. The predicted octanol–water partition coefficient (Wildman–Crippen LogP) is 0.0641. The zero-order valence-corrected chi connectivity index (χ0v) is 26.5. The first kappa shape index (κ1) is 34.8. The molecule has 4 amide bonds. The number of hydrogen-bond acceptors (Lipinski definition) is 8. The third-order valence-electron chi connectivity index (χ3n) is 7.98. The number of nitrogens with one attached hydrogen (secondary N) is 5. The van der Waals surface area contributed by atoms with Crippen LogP contribution < -0.4 is 21.7 Å². The minimum atomic E-state index is -1.19. The van der Waals surface area contributed by atoms with Gasteiger partial charge in [-0.3, -0.25) is 19.2 Å². The quantitative estimate of drug-likeness (QED) is 0.111. The highest BCUT2D eigenvalue weighted by atomic mass is 16.4. The van der Waals surface area contributed by atoms with Crippen molar-refractivity contribution in [2.45, 2.75) is 82.6 Å². The molecule has 0 bridgehead atoms. The number of aromatic nitrogens is 4. The summed E-state index contributed by atoms with van der Waals surface area (Å²) in [6, 6.07) is 3.83. The van der Waals surface area contributed by atoms with E-state index in [-0.39, 0.29) is 37.5 Å². The highest BCUT2D eigenvalue weighted by molar-refractivity contribution is 5.96. The van der Waals surface area contributed by atoms with Crippen molar-refractivity contribution >= 4 is 29.6 Å². The number of nitrogens with zero attached hydrogens (tertiary/aromatic N) is 3. The number of aromatic amines is 2. The van der Waals surface area contributed by atoms with Crippen LogP contribution in [0.1, 0.15) is 50.1 Å². The first-order chi connectivity index (χ1) is 22.5. The highest BCUT2D eigenvalue weighted by Gasteiger charge is 2.38. The summed E-state index contributed by atoms with van der Waals surface area (Å²) < 4.78 is 0. The zero-order chi connectivity index (χ0) is 33.9. The fourth-order valence-corrected chi connectivity index (χ4v) is 5.62. The number of nitrogens with two attached hydrogens (primary N) is 1. The van der Waals surface area contributed by atoms with Crippen molar-refractivity contribution in [3.63, 3.8) is 0 Å². The van der Waals surface area contributed by atoms with E-state index in [0.717, 1.165) is 5.56 Å². The Morgan fingerprint density at radius 1 is 0.894 bits per heavy atom. The van der Waals surface area contributed by atoms with Crippen LogP contribution in [0.2, 0.25) is 0 Å². The van der Waals surface area contributed by atoms with Gasteiger partial charge in [0.05, 0.1) is 30.1 Å². The number of carbonyl (C=O) groups is 5. The van der Waals surface area contributed by atoms with E-state index in [2.05, 4.69) is 35.9 Å². The molecule has 1 saturated heterocycles. The number of amides is 4. The van der Waals surface area contributed by atoms with E-state index in [0.29, 0.717) is 30.8 Å². The normalized spacial score (nSPS) is 17.0. The molecule has 3 aromatic rings. The summed E-state index contributed by atoms with van der Waals surface area (Å²) in [5.74, 6) is -3.46. The van der Waals surface area contributed by atoms with Gasteiger partial charge >= 0.3 is 5.97 Å². The lowest BCUT2D eigenvalue weighted by molar-refractivity contribution is -0.142. The minimum Gasteiger partial charge on any atom is -0.480 e. The van der Waals surface area contributed by atoms with Crippen molar-refractivity contribution in [2.24, 2.45) is 11.7 Å². The molecular weight excluding hydrogens is 606 g/mol. The third-order valence-corrected chi connectivity index (χ3v) is 7.98. The van der Waals surface area contributed by atoms with E-state index in [4.69, 9.17) is 5.73 Å². The van der Waals surface area contributed by atoms with Crippen LogP contribution >= 0.6 is 0 Å². The van der Waals surface area contributed by atoms with Crippen LogP contribution in [-0.2, 0) is 43.2 Å². The van der Waals surface area contributed by atoms with E-state index in [1.165, 1.54) is 17.6 Å². The van der Waals surface area contributed by atoms with Crippen LogP contribution in [0.25, 0.3) is 0 Å². The summed E-state index contributed by atoms with van der Waals surface area (Å²) in [5.41, 5.74) is 8.04. The van der Waals surface area contributed by atoms with Gasteiger partial charge in [-0.15, -0.1) is 0 Å². The monoisotopic (exact) mass is 649 g/mol. The molecule has 0 spiro atoms. The van der Waals surface area contributed by atoms with Crippen LogP contribution in [0.4, 0.5) is 0 Å². The van der Waals surface area contributed by atoms with Crippen molar-refractivity contribution in [1.82, 2.24) is 40.8 Å². The number of aliphatic carboxylic acids is 1. The molecule has 47 heavy (non-hydrogen) atoms. The van der Waals surface area contributed by atoms with E-state index < -0.39 is 53.9 Å². The van der Waals surface area contributed by atoms with Gasteiger partial charge in [-0.25, -0.2) is 14.8 Å². The molecule has 252 valence electrons. The second-order valence-corrected chi connectivity index (χ2v) is 12.2. The molecule has 5 unspecified atom stereocenters. The topological polar surface area (TPSA) is 228 Å². The number of carboxylic acid groups (broad SMARTS) is 1. The number of carboxylic acids is 1. The van der Waals surface area contributed by atoms with Crippen LogP contribution in [-0.4, -0.2) is 96.3 Å². The van der Waals surface area contributed by atoms with Gasteiger partial charge in [0.15, 0.2) is 0 Å². The van der Waals surface area contributed by atoms with Crippen molar-refractivity contribution in [1.29, 1.82) is 0 Å². The molecule has 5 atom stereocenters. The van der Waals surface area contributed by atoms with Crippen LogP contribution in [0.5, 0.6) is 0 Å². The fraction of sp³-hybridized carbons (Fsp3) is 0.469. The number of imidazole rings is 2. The highest BCUT2D eigenvalue weighted by Crippen LogP contribution is 2.20. The smallest absolute Gasteiger partial charge is 0.326 e. The molecule has 1 fully saturated rings. The standard InChI is InChI=1S/C32H43N9O6/c1-19(2)11-26(32(46)47)40-29(43)25(14-22-16-35-18-37-22)38-28(42)24(12-20-7-4-3-5-8-20)39-30(44)27-9-6-10-41(27)31(45)23(33)13-21-15-34-17-36-21/h3-5,7-8,15-19,23-27H,6,9-14,33H2,1-2H3,(H,34,36)(H,35,37)(H,38,42)(H,39,44)(H,40,43)(H,46,47). The van der Waals surface area contributed by atoms with E-state index in [9.17, 15) is 29.1 Å². The third kappa shape index (κ3) is 9.97. The lowest BCUT2D eigenvalue weighted by Crippen LogP contribution is -2.59. The van der Waals surface area contributed by atoms with Gasteiger partial charge in [-0.2, -0.15) is 0 Å². The Morgan fingerprint density at radius 3 is 2.06 bits per heavy atom. The second kappa shape index (κ2) is 16.5. The molecule has 8 N–H and O–H groups in total. The molecule has 2 aromatic heterocycles. The molecule has 0 saturated carbocycles. The van der Waals surface area contributed by atoms with Gasteiger partial charge in [-0.05, 0) is 30.7 Å². The van der Waals surface area contributed by atoms with E-state index in [1.807, 2.05) is 32.0 Å². The summed E-state index contributed by atoms with van der Waals surface area (Å²) in [5, 5.41) is 17.8. The number of hydrogen-bond donors (Lipinski definition) is 7. The van der Waals surface area contributed by atoms with Gasteiger partial charge in [0.2, 0.25) is 23.6 Å². The Balaban J connectivity index is 1.52. The number of likely N-dealkylation sites (tertiary alicyclic amines) is 1. The second-order valence-electron chi connectivity index (χ2n) is 12.2. The first-order valence-electron chi connectivity index (χ1n) is 15.7. The maximum atomic E-state index is 13.9. The molecular formula is C32H43N9O6. The fourth-order valence-electron chi connectivity index (χ4n) is 5.62. The SMILES string of the molecule is CC(C)CC(NC(=O)C(Cc1c[nH]cn1)NC(=O)C(Cc1ccccc1)NC(=O)C1CCCN1C(=O)C(N)Cc1c[nH]cn1)C(=O)O. The average molecular weight is 650 g/mol. The predicted molar refractivity (Wildman–Crippen MR) is 170 cm³/mol. The summed E-state index contributed by atoms with van der Waals surface area (Å²) >= 11 is 0. The largest absolute Gasteiger partial charge is 0.480 e. The molecule has 1 aromatic carbocycles. The van der Waals surface area contributed by atoms with Crippen LogP contribution in [0.15, 0.2) is 55.4 Å². The van der Waals surface area contributed by atoms with Crippen molar-refractivity contribution in [3.8, 4) is 0 Å². The van der Waals surface area contributed by atoms with Crippen molar-refractivity contribution < 1.29 is 29.1 Å². The molecule has 1 aliphatic heterocycles. The van der Waals surface area contributed by atoms with Gasteiger partial charge in [0, 0.05) is 38.2 Å². The lowest BCUT2D eigenvalue weighted by Gasteiger charge is -2.29. The summed E-state index contributed by atoms with van der Waals surface area (Å²) in [6.45, 7) is 4.02. The van der Waals surface area contributed by atoms with Gasteiger partial charge < -0.3 is 41.7 Å². The van der Waals surface area contributed by atoms with Crippen molar-refractivity contribution in [3.05, 3.63) is 72.3 Å². The molecule has 15 nitrogen and oxygen atoms in total. The molecule has 0 aliphatic carbocycles. The van der Waals surface area contributed by atoms with Crippen LogP contribution in [0.3, 0.4) is 0 Å². The summed E-state index contributed by atoms with van der Waals surface area (Å²) in [4.78, 5) is 81.5. The maximum absolute atomic E-state index is 13.9. The van der Waals surface area contributed by atoms with E-state index in [1.54, 1.807) is 24.5 Å². The average Bonchev–Trinajstić information content (AvgIpc) is 3.84. The van der Waals surface area contributed by atoms with Gasteiger partial charge in [-0.1, -0.05) is 44.2 Å². The Morgan fingerprint density at radius 2 is 1.49 bits per heavy atom. The van der Waals surface area contributed by atoms with Crippen LogP contribution in [0, 0.1) is 5.92 Å². The Labute approximate surface area is 272 Å². The zero-order valence-electron chi connectivity index (χ0n) is 26.5. The molecule has 15 heteroatoms. The molecule has 4 rings (SSSR count). The lowest BCUT2D eigenvalue weighted by atomic mass is 10.0. The van der Waals surface area contributed by atoms with Gasteiger partial charge in [0.1, 0.15) is 24.2 Å². The molecule has 0 radical (unpaired) electrons. The Bertz CT molecular complexity index is 1480. The number of benzene rings is 1.